The van der Waals surface area contributed by atoms with Crippen LogP contribution in [-0.2, 0) is 6.42 Å². The predicted octanol–water partition coefficient (Wildman–Crippen LogP) is 1.65. The summed E-state index contributed by atoms with van der Waals surface area (Å²) in [6, 6.07) is 0.200. The van der Waals surface area contributed by atoms with Gasteiger partial charge in [-0.25, -0.2) is 4.98 Å². The zero-order chi connectivity index (χ0) is 9.47. The van der Waals surface area contributed by atoms with Crippen LogP contribution in [0.4, 0.5) is 0 Å². The Balaban J connectivity index is 1.98. The molecule has 0 amide bonds. The maximum absolute atomic E-state index is 6.05. The average molecular weight is 180 g/mol. The van der Waals surface area contributed by atoms with Gasteiger partial charge in [0.1, 0.15) is 5.76 Å². The normalized spacial score (nSPS) is 21.5. The molecule has 1 atom stereocenters. The smallest absolute Gasteiger partial charge is 0.195 e. The fourth-order valence-electron chi connectivity index (χ4n) is 1.50. The Morgan fingerprint density at radius 1 is 1.69 bits per heavy atom. The molecule has 0 aromatic carbocycles. The predicted molar refractivity (Wildman–Crippen MR) is 50.3 cm³/mol. The summed E-state index contributed by atoms with van der Waals surface area (Å²) in [5.41, 5.74) is 6.40. The number of nitrogens with two attached hydrogens (primary N) is 1. The van der Waals surface area contributed by atoms with E-state index in [4.69, 9.17) is 10.2 Å². The molecule has 1 fully saturated rings. The van der Waals surface area contributed by atoms with Crippen LogP contribution in [0.3, 0.4) is 0 Å². The highest BCUT2D eigenvalue weighted by Gasteiger charge is 2.43. The van der Waals surface area contributed by atoms with Crippen LogP contribution in [0.5, 0.6) is 0 Å². The zero-order valence-corrected chi connectivity index (χ0v) is 8.21. The number of nitrogens with zero attached hydrogens (tertiary/aromatic N) is 1. The quantitative estimate of drug-likeness (QED) is 0.769. The third-order valence-corrected chi connectivity index (χ3v) is 3.00. The topological polar surface area (TPSA) is 52.0 Å². The Kier molecular flexibility index (Phi) is 1.91. The molecule has 72 valence electrons. The molecule has 1 aliphatic carbocycles. The summed E-state index contributed by atoms with van der Waals surface area (Å²) in [6.45, 7) is 4.13. The first-order valence-corrected chi connectivity index (χ1v) is 4.77. The van der Waals surface area contributed by atoms with Crippen molar-refractivity contribution in [1.29, 1.82) is 0 Å². The highest BCUT2D eigenvalue weighted by Crippen LogP contribution is 2.47. The van der Waals surface area contributed by atoms with Gasteiger partial charge in [0.2, 0.25) is 0 Å². The molecule has 13 heavy (non-hydrogen) atoms. The highest BCUT2D eigenvalue weighted by molar-refractivity contribution is 5.02. The van der Waals surface area contributed by atoms with E-state index in [2.05, 4.69) is 11.9 Å². The van der Waals surface area contributed by atoms with Crippen LogP contribution in [0.1, 0.15) is 31.4 Å². The van der Waals surface area contributed by atoms with Crippen molar-refractivity contribution < 1.29 is 4.42 Å². The maximum atomic E-state index is 6.05. The largest absolute Gasteiger partial charge is 0.446 e. The third-order valence-electron chi connectivity index (χ3n) is 3.00. The van der Waals surface area contributed by atoms with Crippen molar-refractivity contribution in [3.05, 3.63) is 17.8 Å². The molecule has 1 unspecified atom stereocenters. The molecule has 3 nitrogen and oxygen atoms in total. The molecule has 3 heteroatoms. The van der Waals surface area contributed by atoms with Gasteiger partial charge in [-0.1, -0.05) is 6.92 Å². The molecule has 1 aromatic heterocycles. The van der Waals surface area contributed by atoms with Crippen LogP contribution in [0.2, 0.25) is 0 Å². The minimum absolute atomic E-state index is 0.200. The van der Waals surface area contributed by atoms with Crippen LogP contribution in [0.25, 0.3) is 0 Å². The molecule has 1 heterocycles. The van der Waals surface area contributed by atoms with Gasteiger partial charge in [-0.05, 0) is 25.2 Å². The van der Waals surface area contributed by atoms with Gasteiger partial charge in [0.05, 0.1) is 6.20 Å². The second-order valence-corrected chi connectivity index (χ2v) is 4.33. The van der Waals surface area contributed by atoms with Crippen molar-refractivity contribution in [3.63, 3.8) is 0 Å². The second-order valence-electron chi connectivity index (χ2n) is 4.33. The monoisotopic (exact) mass is 180 g/mol. The molecule has 0 spiro atoms. The summed E-state index contributed by atoms with van der Waals surface area (Å²) in [7, 11) is 0. The SMILES string of the molecule is Cc1cnc(CC(N)C2(C)CC2)o1. The van der Waals surface area contributed by atoms with E-state index in [0.717, 1.165) is 18.1 Å². The van der Waals surface area contributed by atoms with Gasteiger partial charge in [0.15, 0.2) is 5.89 Å². The lowest BCUT2D eigenvalue weighted by molar-refractivity contribution is 0.381. The lowest BCUT2D eigenvalue weighted by Crippen LogP contribution is -2.31. The van der Waals surface area contributed by atoms with Gasteiger partial charge in [0, 0.05) is 12.5 Å². The first-order valence-electron chi connectivity index (χ1n) is 4.77. The Morgan fingerprint density at radius 2 is 2.38 bits per heavy atom. The Morgan fingerprint density at radius 3 is 2.85 bits per heavy atom. The van der Waals surface area contributed by atoms with Crippen LogP contribution in [0, 0.1) is 12.3 Å². The fraction of sp³-hybridized carbons (Fsp3) is 0.700. The van der Waals surface area contributed by atoms with Gasteiger partial charge in [-0.15, -0.1) is 0 Å². The van der Waals surface area contributed by atoms with Crippen LogP contribution < -0.4 is 5.73 Å². The summed E-state index contributed by atoms with van der Waals surface area (Å²) in [4.78, 5) is 4.15. The Labute approximate surface area is 78.3 Å². The van der Waals surface area contributed by atoms with Crippen molar-refractivity contribution in [2.24, 2.45) is 11.1 Å². The number of aromatic nitrogens is 1. The standard InChI is InChI=1S/C10H16N2O/c1-7-6-12-9(13-7)5-8(11)10(2)3-4-10/h6,8H,3-5,11H2,1-2H3. The van der Waals surface area contributed by atoms with E-state index in [0.29, 0.717) is 5.41 Å². The number of hydrogen-bond acceptors (Lipinski definition) is 3. The molecular weight excluding hydrogens is 164 g/mol. The molecule has 2 rings (SSSR count). The van der Waals surface area contributed by atoms with Gasteiger partial charge < -0.3 is 10.2 Å². The highest BCUT2D eigenvalue weighted by atomic mass is 16.4. The Bertz CT molecular complexity index is 302. The fourth-order valence-corrected chi connectivity index (χ4v) is 1.50. The van der Waals surface area contributed by atoms with Crippen LogP contribution in [-0.4, -0.2) is 11.0 Å². The molecule has 0 aliphatic heterocycles. The summed E-state index contributed by atoms with van der Waals surface area (Å²) in [5, 5.41) is 0. The van der Waals surface area contributed by atoms with E-state index in [1.165, 1.54) is 12.8 Å². The third kappa shape index (κ3) is 1.75. The van der Waals surface area contributed by atoms with E-state index in [1.807, 2.05) is 6.92 Å². The number of hydrogen-bond donors (Lipinski definition) is 1. The maximum Gasteiger partial charge on any atom is 0.195 e. The molecular formula is C10H16N2O. The number of oxazole rings is 1. The average Bonchev–Trinajstić information content (AvgIpc) is 2.69. The summed E-state index contributed by atoms with van der Waals surface area (Å²) >= 11 is 0. The molecule has 0 radical (unpaired) electrons. The lowest BCUT2D eigenvalue weighted by atomic mass is 9.97. The zero-order valence-electron chi connectivity index (χ0n) is 8.21. The molecule has 1 aromatic rings. The van der Waals surface area contributed by atoms with E-state index in [9.17, 15) is 0 Å². The number of rotatable bonds is 3. The Hall–Kier alpha value is -0.830. The molecule has 1 saturated carbocycles. The minimum atomic E-state index is 0.200. The van der Waals surface area contributed by atoms with Crippen LogP contribution >= 0.6 is 0 Å². The molecule has 1 aliphatic rings. The second kappa shape index (κ2) is 2.84. The van der Waals surface area contributed by atoms with E-state index in [1.54, 1.807) is 6.20 Å². The molecule has 0 bridgehead atoms. The minimum Gasteiger partial charge on any atom is -0.446 e. The van der Waals surface area contributed by atoms with Crippen molar-refractivity contribution in [3.8, 4) is 0 Å². The van der Waals surface area contributed by atoms with E-state index >= 15 is 0 Å². The summed E-state index contributed by atoms with van der Waals surface area (Å²) in [6.07, 6.45) is 5.00. The van der Waals surface area contributed by atoms with Crippen LogP contribution in [0.15, 0.2) is 10.6 Å². The van der Waals surface area contributed by atoms with Gasteiger partial charge in [-0.2, -0.15) is 0 Å². The molecule has 0 saturated heterocycles. The van der Waals surface area contributed by atoms with Crippen molar-refractivity contribution in [2.45, 2.75) is 39.2 Å². The van der Waals surface area contributed by atoms with Crippen molar-refractivity contribution >= 4 is 0 Å². The van der Waals surface area contributed by atoms with Crippen molar-refractivity contribution in [2.75, 3.05) is 0 Å². The van der Waals surface area contributed by atoms with Crippen molar-refractivity contribution in [1.82, 2.24) is 4.98 Å². The first-order chi connectivity index (χ1) is 6.10. The number of aryl methyl sites for hydroxylation is 1. The van der Waals surface area contributed by atoms with Gasteiger partial charge in [-0.3, -0.25) is 0 Å². The first kappa shape index (κ1) is 8.75. The summed E-state index contributed by atoms with van der Waals surface area (Å²) < 4.78 is 5.39. The van der Waals surface area contributed by atoms with Gasteiger partial charge in [0.25, 0.3) is 0 Å². The lowest BCUT2D eigenvalue weighted by Gasteiger charge is -2.16. The van der Waals surface area contributed by atoms with E-state index < -0.39 is 0 Å². The summed E-state index contributed by atoms with van der Waals surface area (Å²) in [5.74, 6) is 1.64. The van der Waals surface area contributed by atoms with Gasteiger partial charge >= 0.3 is 0 Å². The molecule has 2 N–H and O–H groups in total. The van der Waals surface area contributed by atoms with E-state index in [-0.39, 0.29) is 6.04 Å².